The molecule has 0 saturated heterocycles. The Morgan fingerprint density at radius 3 is 2.93 bits per heavy atom. The Bertz CT molecular complexity index is 358. The number of benzene rings is 1. The first-order chi connectivity index (χ1) is 7.11. The number of rotatable bonds is 2. The van der Waals surface area contributed by atoms with Gasteiger partial charge in [0, 0.05) is 0 Å². The second-order valence-corrected chi connectivity index (χ2v) is 4.84. The molecule has 0 aliphatic carbocycles. The zero-order valence-electron chi connectivity index (χ0n) is 9.55. The van der Waals surface area contributed by atoms with Crippen molar-refractivity contribution < 1.29 is 4.74 Å². The lowest BCUT2D eigenvalue weighted by Crippen LogP contribution is -2.32. The predicted molar refractivity (Wildman–Crippen MR) is 62.2 cm³/mol. The van der Waals surface area contributed by atoms with Crippen molar-refractivity contribution in [2.45, 2.75) is 38.7 Å². The van der Waals surface area contributed by atoms with Crippen molar-refractivity contribution in [3.8, 4) is 5.75 Å². The van der Waals surface area contributed by atoms with Crippen LogP contribution in [0.25, 0.3) is 0 Å². The summed E-state index contributed by atoms with van der Waals surface area (Å²) in [7, 11) is 0. The molecule has 0 aromatic heterocycles. The summed E-state index contributed by atoms with van der Waals surface area (Å²) in [6, 6.07) is 6.48. The van der Waals surface area contributed by atoms with Crippen LogP contribution >= 0.6 is 0 Å². The van der Waals surface area contributed by atoms with Crippen LogP contribution in [0.15, 0.2) is 18.2 Å². The molecule has 1 aromatic carbocycles. The minimum atomic E-state index is -0.0195. The lowest BCUT2D eigenvalue weighted by Gasteiger charge is -2.32. The Balaban J connectivity index is 2.27. The van der Waals surface area contributed by atoms with Gasteiger partial charge in [-0.3, -0.25) is 0 Å². The molecule has 0 bridgehead atoms. The van der Waals surface area contributed by atoms with Crippen molar-refractivity contribution >= 4 is 0 Å². The number of fused-ring (bicyclic) bond motifs is 1. The van der Waals surface area contributed by atoms with Gasteiger partial charge in [0.2, 0.25) is 0 Å². The molecule has 1 aliphatic heterocycles. The smallest absolute Gasteiger partial charge is 0.123 e. The van der Waals surface area contributed by atoms with Crippen molar-refractivity contribution in [3.05, 3.63) is 29.3 Å². The van der Waals surface area contributed by atoms with Gasteiger partial charge in [0.25, 0.3) is 0 Å². The van der Waals surface area contributed by atoms with Crippen molar-refractivity contribution in [1.82, 2.24) is 0 Å². The van der Waals surface area contributed by atoms with E-state index in [0.717, 1.165) is 25.0 Å². The molecule has 0 fully saturated rings. The standard InChI is InChI=1S/C13H19NO/c1-13(2)7-5-11-4-3-10(6-8-14)9-12(11)15-13/h3-4,9H,5-8,14H2,1-2H3. The second kappa shape index (κ2) is 3.86. The molecule has 2 heteroatoms. The molecule has 0 unspecified atom stereocenters. The zero-order valence-corrected chi connectivity index (χ0v) is 9.55. The molecular formula is C13H19NO. The fourth-order valence-corrected chi connectivity index (χ4v) is 2.01. The second-order valence-electron chi connectivity index (χ2n) is 4.84. The minimum Gasteiger partial charge on any atom is -0.488 e. The monoisotopic (exact) mass is 205 g/mol. The molecule has 1 heterocycles. The first kappa shape index (κ1) is 10.5. The van der Waals surface area contributed by atoms with E-state index < -0.39 is 0 Å². The van der Waals surface area contributed by atoms with E-state index in [0.29, 0.717) is 6.54 Å². The third-order valence-electron chi connectivity index (χ3n) is 2.95. The minimum absolute atomic E-state index is 0.0195. The van der Waals surface area contributed by atoms with Gasteiger partial charge >= 0.3 is 0 Å². The van der Waals surface area contributed by atoms with Crippen LogP contribution in [0.1, 0.15) is 31.4 Å². The normalized spacial score (nSPS) is 18.1. The van der Waals surface area contributed by atoms with Crippen LogP contribution < -0.4 is 10.5 Å². The lowest BCUT2D eigenvalue weighted by atomic mass is 9.93. The maximum absolute atomic E-state index is 5.97. The number of ether oxygens (including phenoxy) is 1. The van der Waals surface area contributed by atoms with Gasteiger partial charge in [0.15, 0.2) is 0 Å². The van der Waals surface area contributed by atoms with E-state index in [1.807, 2.05) is 0 Å². The van der Waals surface area contributed by atoms with Crippen LogP contribution in [0.5, 0.6) is 5.75 Å². The van der Waals surface area contributed by atoms with Gasteiger partial charge in [-0.15, -0.1) is 0 Å². The molecule has 15 heavy (non-hydrogen) atoms. The summed E-state index contributed by atoms with van der Waals surface area (Å²) in [5.41, 5.74) is 8.13. The van der Waals surface area contributed by atoms with E-state index in [4.69, 9.17) is 10.5 Å². The summed E-state index contributed by atoms with van der Waals surface area (Å²) in [6.07, 6.45) is 3.14. The Kier molecular flexibility index (Phi) is 2.70. The highest BCUT2D eigenvalue weighted by atomic mass is 16.5. The summed E-state index contributed by atoms with van der Waals surface area (Å²) >= 11 is 0. The molecular weight excluding hydrogens is 186 g/mol. The highest BCUT2D eigenvalue weighted by Gasteiger charge is 2.26. The summed E-state index contributed by atoms with van der Waals surface area (Å²) < 4.78 is 5.97. The highest BCUT2D eigenvalue weighted by molar-refractivity contribution is 5.39. The van der Waals surface area contributed by atoms with E-state index in [-0.39, 0.29) is 5.60 Å². The van der Waals surface area contributed by atoms with Gasteiger partial charge in [0.05, 0.1) is 0 Å². The zero-order chi connectivity index (χ0) is 10.9. The third-order valence-corrected chi connectivity index (χ3v) is 2.95. The van der Waals surface area contributed by atoms with Gasteiger partial charge < -0.3 is 10.5 Å². The maximum Gasteiger partial charge on any atom is 0.123 e. The molecule has 0 amide bonds. The molecule has 0 atom stereocenters. The summed E-state index contributed by atoms with van der Waals surface area (Å²) in [4.78, 5) is 0. The predicted octanol–water partition coefficient (Wildman–Crippen LogP) is 2.29. The molecule has 2 rings (SSSR count). The average molecular weight is 205 g/mol. The number of hydrogen-bond acceptors (Lipinski definition) is 2. The fraction of sp³-hybridized carbons (Fsp3) is 0.538. The lowest BCUT2D eigenvalue weighted by molar-refractivity contribution is 0.0846. The van der Waals surface area contributed by atoms with E-state index in [1.165, 1.54) is 11.1 Å². The summed E-state index contributed by atoms with van der Waals surface area (Å²) in [5.74, 6) is 1.05. The van der Waals surface area contributed by atoms with Crippen molar-refractivity contribution in [2.24, 2.45) is 5.73 Å². The van der Waals surface area contributed by atoms with E-state index >= 15 is 0 Å². The fourth-order valence-electron chi connectivity index (χ4n) is 2.01. The Morgan fingerprint density at radius 1 is 1.40 bits per heavy atom. The topological polar surface area (TPSA) is 35.2 Å². The van der Waals surface area contributed by atoms with Crippen LogP contribution in [-0.4, -0.2) is 12.1 Å². The van der Waals surface area contributed by atoms with Gasteiger partial charge in [-0.2, -0.15) is 0 Å². The van der Waals surface area contributed by atoms with Gasteiger partial charge in [0.1, 0.15) is 11.4 Å². The Labute approximate surface area is 91.4 Å². The largest absolute Gasteiger partial charge is 0.488 e. The Hall–Kier alpha value is -1.02. The summed E-state index contributed by atoms with van der Waals surface area (Å²) in [5, 5.41) is 0. The van der Waals surface area contributed by atoms with Crippen LogP contribution in [0, 0.1) is 0 Å². The SMILES string of the molecule is CC1(C)CCc2ccc(CCN)cc2O1. The van der Waals surface area contributed by atoms with Crippen LogP contribution in [0.2, 0.25) is 0 Å². The summed E-state index contributed by atoms with van der Waals surface area (Å²) in [6.45, 7) is 4.99. The first-order valence-electron chi connectivity index (χ1n) is 5.62. The van der Waals surface area contributed by atoms with E-state index in [9.17, 15) is 0 Å². The molecule has 82 valence electrons. The molecule has 1 aliphatic rings. The number of hydrogen-bond donors (Lipinski definition) is 1. The molecule has 0 spiro atoms. The van der Waals surface area contributed by atoms with Gasteiger partial charge in [-0.1, -0.05) is 12.1 Å². The first-order valence-corrected chi connectivity index (χ1v) is 5.62. The Morgan fingerprint density at radius 2 is 2.20 bits per heavy atom. The van der Waals surface area contributed by atoms with Crippen LogP contribution in [-0.2, 0) is 12.8 Å². The van der Waals surface area contributed by atoms with Crippen molar-refractivity contribution in [2.75, 3.05) is 6.54 Å². The van der Waals surface area contributed by atoms with Crippen LogP contribution in [0.4, 0.5) is 0 Å². The number of aryl methyl sites for hydroxylation is 1. The van der Waals surface area contributed by atoms with Gasteiger partial charge in [-0.25, -0.2) is 0 Å². The van der Waals surface area contributed by atoms with Gasteiger partial charge in [-0.05, 0) is 56.8 Å². The molecule has 2 nitrogen and oxygen atoms in total. The third kappa shape index (κ3) is 2.32. The quantitative estimate of drug-likeness (QED) is 0.804. The van der Waals surface area contributed by atoms with E-state index in [1.54, 1.807) is 0 Å². The van der Waals surface area contributed by atoms with Crippen molar-refractivity contribution in [3.63, 3.8) is 0 Å². The van der Waals surface area contributed by atoms with Crippen molar-refractivity contribution in [1.29, 1.82) is 0 Å². The maximum atomic E-state index is 5.97. The van der Waals surface area contributed by atoms with E-state index in [2.05, 4.69) is 32.0 Å². The highest BCUT2D eigenvalue weighted by Crippen LogP contribution is 2.33. The number of nitrogens with two attached hydrogens (primary N) is 1. The van der Waals surface area contributed by atoms with Crippen LogP contribution in [0.3, 0.4) is 0 Å². The molecule has 0 saturated carbocycles. The molecule has 0 radical (unpaired) electrons. The molecule has 1 aromatic rings. The molecule has 2 N–H and O–H groups in total. The average Bonchev–Trinajstić information content (AvgIpc) is 2.16.